The van der Waals surface area contributed by atoms with E-state index in [1.165, 1.54) is 7.11 Å². The van der Waals surface area contributed by atoms with Crippen LogP contribution in [0.2, 0.25) is 0 Å². The molecule has 0 bridgehead atoms. The number of carbonyl (C=O) groups excluding carboxylic acids is 2. The predicted molar refractivity (Wildman–Crippen MR) is 93.3 cm³/mol. The molecule has 3 rings (SSSR count). The number of methoxy groups -OCH3 is 1. The van der Waals surface area contributed by atoms with E-state index in [0.29, 0.717) is 18.7 Å². The minimum Gasteiger partial charge on any atom is -0.465 e. The number of esters is 1. The van der Waals surface area contributed by atoms with E-state index in [1.54, 1.807) is 11.0 Å². The molecule has 5 heteroatoms. The van der Waals surface area contributed by atoms with Gasteiger partial charge in [0, 0.05) is 6.54 Å². The fourth-order valence-corrected chi connectivity index (χ4v) is 3.11. The number of ether oxygens (including phenoxy) is 2. The monoisotopic (exact) mass is 339 g/mol. The Labute approximate surface area is 147 Å². The molecule has 130 valence electrons. The van der Waals surface area contributed by atoms with Crippen molar-refractivity contribution < 1.29 is 19.1 Å². The van der Waals surface area contributed by atoms with Gasteiger partial charge in [0.1, 0.15) is 6.61 Å². The van der Waals surface area contributed by atoms with Gasteiger partial charge in [-0.25, -0.2) is 9.59 Å². The Balaban J connectivity index is 1.80. The zero-order chi connectivity index (χ0) is 17.8. The summed E-state index contributed by atoms with van der Waals surface area (Å²) in [5, 5.41) is 0. The van der Waals surface area contributed by atoms with E-state index in [2.05, 4.69) is 0 Å². The zero-order valence-electron chi connectivity index (χ0n) is 14.4. The second-order valence-corrected chi connectivity index (χ2v) is 6.13. The average Bonchev–Trinajstić information content (AvgIpc) is 2.97. The SMILES string of the molecule is COC(=O)c1cccc(CN2C(=O)OC[C@H]2Cc2ccccc2)c1C. The highest BCUT2D eigenvalue weighted by Crippen LogP contribution is 2.23. The fraction of sp³-hybridized carbons (Fsp3) is 0.300. The first-order valence-electron chi connectivity index (χ1n) is 8.24. The summed E-state index contributed by atoms with van der Waals surface area (Å²) in [5.41, 5.74) is 3.43. The topological polar surface area (TPSA) is 55.8 Å². The van der Waals surface area contributed by atoms with Crippen LogP contribution in [-0.4, -0.2) is 36.7 Å². The predicted octanol–water partition coefficient (Wildman–Crippen LogP) is 3.35. The standard InChI is InChI=1S/C20H21NO4/c1-14-16(9-6-10-18(14)19(22)24-2)12-21-17(13-25-20(21)23)11-15-7-4-3-5-8-15/h3-10,17H,11-13H2,1-2H3/t17-/m1/s1. The highest BCUT2D eigenvalue weighted by molar-refractivity contribution is 5.91. The molecule has 0 spiro atoms. The van der Waals surface area contributed by atoms with Gasteiger partial charge in [0.25, 0.3) is 0 Å². The second-order valence-electron chi connectivity index (χ2n) is 6.13. The number of carbonyl (C=O) groups is 2. The van der Waals surface area contributed by atoms with E-state index in [0.717, 1.165) is 23.1 Å². The van der Waals surface area contributed by atoms with Gasteiger partial charge in [0.05, 0.1) is 18.7 Å². The van der Waals surface area contributed by atoms with Gasteiger partial charge in [0.2, 0.25) is 0 Å². The van der Waals surface area contributed by atoms with Crippen LogP contribution >= 0.6 is 0 Å². The molecule has 0 unspecified atom stereocenters. The van der Waals surface area contributed by atoms with Crippen LogP contribution in [0.4, 0.5) is 4.79 Å². The third-order valence-corrected chi connectivity index (χ3v) is 4.58. The summed E-state index contributed by atoms with van der Waals surface area (Å²) in [6.07, 6.45) is 0.422. The third kappa shape index (κ3) is 3.65. The Morgan fingerprint density at radius 3 is 2.68 bits per heavy atom. The van der Waals surface area contributed by atoms with Crippen molar-refractivity contribution in [2.45, 2.75) is 25.9 Å². The first-order chi connectivity index (χ1) is 12.1. The second kappa shape index (κ2) is 7.38. The Bertz CT molecular complexity index is 773. The summed E-state index contributed by atoms with van der Waals surface area (Å²) in [6, 6.07) is 15.5. The molecule has 1 aliphatic rings. The van der Waals surface area contributed by atoms with Crippen molar-refractivity contribution in [2.24, 2.45) is 0 Å². The van der Waals surface area contributed by atoms with Crippen molar-refractivity contribution in [3.63, 3.8) is 0 Å². The lowest BCUT2D eigenvalue weighted by Crippen LogP contribution is -2.34. The summed E-state index contributed by atoms with van der Waals surface area (Å²) in [5.74, 6) is -0.371. The van der Waals surface area contributed by atoms with Crippen molar-refractivity contribution >= 4 is 12.1 Å². The van der Waals surface area contributed by atoms with Crippen LogP contribution in [0.1, 0.15) is 27.0 Å². The van der Waals surface area contributed by atoms with Crippen LogP contribution in [0.15, 0.2) is 48.5 Å². The molecule has 5 nitrogen and oxygen atoms in total. The van der Waals surface area contributed by atoms with Gasteiger partial charge in [-0.05, 0) is 36.1 Å². The van der Waals surface area contributed by atoms with Crippen LogP contribution in [0.25, 0.3) is 0 Å². The van der Waals surface area contributed by atoms with Gasteiger partial charge >= 0.3 is 12.1 Å². The highest BCUT2D eigenvalue weighted by atomic mass is 16.6. The van der Waals surface area contributed by atoms with Crippen molar-refractivity contribution in [3.05, 3.63) is 70.8 Å². The van der Waals surface area contributed by atoms with Crippen LogP contribution in [0, 0.1) is 6.92 Å². The van der Waals surface area contributed by atoms with Gasteiger partial charge < -0.3 is 9.47 Å². The Morgan fingerprint density at radius 1 is 1.20 bits per heavy atom. The summed E-state index contributed by atoms with van der Waals surface area (Å²) in [6.45, 7) is 2.66. The zero-order valence-corrected chi connectivity index (χ0v) is 14.4. The number of nitrogens with zero attached hydrogens (tertiary/aromatic N) is 1. The summed E-state index contributed by atoms with van der Waals surface area (Å²) < 4.78 is 10.1. The molecule has 1 aliphatic heterocycles. The summed E-state index contributed by atoms with van der Waals surface area (Å²) in [7, 11) is 1.36. The van der Waals surface area contributed by atoms with E-state index >= 15 is 0 Å². The fourth-order valence-electron chi connectivity index (χ4n) is 3.11. The lowest BCUT2D eigenvalue weighted by Gasteiger charge is -2.23. The van der Waals surface area contributed by atoms with E-state index in [1.807, 2.05) is 49.4 Å². The van der Waals surface area contributed by atoms with Crippen molar-refractivity contribution in [3.8, 4) is 0 Å². The van der Waals surface area contributed by atoms with Gasteiger partial charge in [-0.2, -0.15) is 0 Å². The Kier molecular flexibility index (Phi) is 5.03. The molecule has 0 aliphatic carbocycles. The number of hydrogen-bond donors (Lipinski definition) is 0. The number of cyclic esters (lactones) is 1. The third-order valence-electron chi connectivity index (χ3n) is 4.58. The van der Waals surface area contributed by atoms with Crippen LogP contribution < -0.4 is 0 Å². The average molecular weight is 339 g/mol. The number of benzene rings is 2. The minimum absolute atomic E-state index is 0.0175. The maximum absolute atomic E-state index is 12.2. The molecule has 1 heterocycles. The summed E-state index contributed by atoms with van der Waals surface area (Å²) in [4.78, 5) is 25.8. The van der Waals surface area contributed by atoms with Crippen LogP contribution in [0.3, 0.4) is 0 Å². The lowest BCUT2D eigenvalue weighted by molar-refractivity contribution is 0.0599. The molecular weight excluding hydrogens is 318 g/mol. The molecule has 1 fully saturated rings. The van der Waals surface area contributed by atoms with Crippen molar-refractivity contribution in [2.75, 3.05) is 13.7 Å². The molecule has 0 saturated carbocycles. The van der Waals surface area contributed by atoms with E-state index in [-0.39, 0.29) is 18.1 Å². The quantitative estimate of drug-likeness (QED) is 0.784. The summed E-state index contributed by atoms with van der Waals surface area (Å²) >= 11 is 0. The molecule has 0 N–H and O–H groups in total. The lowest BCUT2D eigenvalue weighted by atomic mass is 10.0. The Morgan fingerprint density at radius 2 is 1.96 bits per heavy atom. The van der Waals surface area contributed by atoms with E-state index < -0.39 is 0 Å². The number of rotatable bonds is 5. The van der Waals surface area contributed by atoms with Gasteiger partial charge in [0.15, 0.2) is 0 Å². The van der Waals surface area contributed by atoms with Gasteiger partial charge in [-0.1, -0.05) is 42.5 Å². The molecule has 1 atom stereocenters. The molecule has 2 aromatic rings. The van der Waals surface area contributed by atoms with Crippen LogP contribution in [-0.2, 0) is 22.4 Å². The van der Waals surface area contributed by atoms with Gasteiger partial charge in [-0.3, -0.25) is 4.90 Å². The normalized spacial score (nSPS) is 16.6. The first-order valence-corrected chi connectivity index (χ1v) is 8.24. The molecule has 25 heavy (non-hydrogen) atoms. The Hall–Kier alpha value is -2.82. The smallest absolute Gasteiger partial charge is 0.410 e. The van der Waals surface area contributed by atoms with Crippen molar-refractivity contribution in [1.82, 2.24) is 4.90 Å². The van der Waals surface area contributed by atoms with E-state index in [9.17, 15) is 9.59 Å². The van der Waals surface area contributed by atoms with E-state index in [4.69, 9.17) is 9.47 Å². The molecule has 1 saturated heterocycles. The first kappa shape index (κ1) is 17.0. The highest BCUT2D eigenvalue weighted by Gasteiger charge is 2.33. The minimum atomic E-state index is -0.371. The maximum atomic E-state index is 12.2. The van der Waals surface area contributed by atoms with Gasteiger partial charge in [-0.15, -0.1) is 0 Å². The molecular formula is C20H21NO4. The number of hydrogen-bond acceptors (Lipinski definition) is 4. The molecule has 0 radical (unpaired) electrons. The largest absolute Gasteiger partial charge is 0.465 e. The number of amides is 1. The van der Waals surface area contributed by atoms with Crippen LogP contribution in [0.5, 0.6) is 0 Å². The molecule has 0 aromatic heterocycles. The maximum Gasteiger partial charge on any atom is 0.410 e. The molecule has 1 amide bonds. The molecule has 2 aromatic carbocycles. The van der Waals surface area contributed by atoms with Crippen molar-refractivity contribution in [1.29, 1.82) is 0 Å².